The molecule has 0 aliphatic carbocycles. The Kier molecular flexibility index (Phi) is 8.63. The van der Waals surface area contributed by atoms with Gasteiger partial charge in [-0.2, -0.15) is 0 Å². The van der Waals surface area contributed by atoms with E-state index in [2.05, 4.69) is 16.0 Å². The van der Waals surface area contributed by atoms with Crippen molar-refractivity contribution in [2.24, 2.45) is 0 Å². The van der Waals surface area contributed by atoms with Gasteiger partial charge in [0.1, 0.15) is 17.3 Å². The number of amides is 1. The minimum Gasteiger partial charge on any atom is -0.497 e. The number of unbranched alkanes of at least 4 members (excludes halogenated alkanes) is 1. The van der Waals surface area contributed by atoms with Gasteiger partial charge < -0.3 is 19.4 Å². The molecule has 1 aromatic heterocycles. The smallest absolute Gasteiger partial charge is 0.251 e. The highest BCUT2D eigenvalue weighted by molar-refractivity contribution is 6.30. The summed E-state index contributed by atoms with van der Waals surface area (Å²) in [6.45, 7) is 2.10. The largest absolute Gasteiger partial charge is 0.497 e. The fourth-order valence-corrected chi connectivity index (χ4v) is 4.17. The van der Waals surface area contributed by atoms with E-state index in [4.69, 9.17) is 26.1 Å². The molecule has 0 fully saturated rings. The van der Waals surface area contributed by atoms with Crippen molar-refractivity contribution >= 4 is 28.5 Å². The van der Waals surface area contributed by atoms with Crippen LogP contribution in [0.25, 0.3) is 11.0 Å². The molecule has 0 spiro atoms. The number of nitrogens with one attached hydrogen (secondary N) is 1. The average molecular weight is 492 g/mol. The van der Waals surface area contributed by atoms with Crippen LogP contribution in [0.1, 0.15) is 35.4 Å². The molecule has 1 amide bonds. The summed E-state index contributed by atoms with van der Waals surface area (Å²) < 4.78 is 13.3. The van der Waals surface area contributed by atoms with E-state index in [0.29, 0.717) is 23.7 Å². The standard InChI is InChI=1S/C28H30ClN3O3/c1-34-23-13-15-24(16-14-23)35-19-5-4-18-32-26-11-3-2-10-25(26)31-27(32)12-7-17-30-28(33)21-8-6-9-22(29)20-21/h2-3,6,8-11,13-16,20H,4-5,7,12,17-19H2,1H3,(H,30,33). The van der Waals surface area contributed by atoms with Crippen molar-refractivity contribution in [3.63, 3.8) is 0 Å². The van der Waals surface area contributed by atoms with Crippen LogP contribution < -0.4 is 14.8 Å². The molecule has 6 nitrogen and oxygen atoms in total. The fourth-order valence-electron chi connectivity index (χ4n) is 3.98. The Hall–Kier alpha value is -3.51. The lowest BCUT2D eigenvalue weighted by Gasteiger charge is -2.11. The van der Waals surface area contributed by atoms with E-state index in [0.717, 1.165) is 60.6 Å². The molecular weight excluding hydrogens is 462 g/mol. The molecule has 35 heavy (non-hydrogen) atoms. The lowest BCUT2D eigenvalue weighted by molar-refractivity contribution is 0.0953. The van der Waals surface area contributed by atoms with Crippen LogP contribution in [0.4, 0.5) is 0 Å². The summed E-state index contributed by atoms with van der Waals surface area (Å²) in [5, 5.41) is 3.53. The van der Waals surface area contributed by atoms with Gasteiger partial charge >= 0.3 is 0 Å². The second kappa shape index (κ2) is 12.3. The summed E-state index contributed by atoms with van der Waals surface area (Å²) in [5.41, 5.74) is 2.71. The first-order valence-electron chi connectivity index (χ1n) is 11.9. The van der Waals surface area contributed by atoms with Gasteiger partial charge in [-0.3, -0.25) is 4.79 Å². The Labute approximate surface area is 210 Å². The normalized spacial score (nSPS) is 10.9. The first kappa shape index (κ1) is 24.6. The monoisotopic (exact) mass is 491 g/mol. The number of carbonyl (C=O) groups excluding carboxylic acids is 1. The van der Waals surface area contributed by atoms with Gasteiger partial charge in [0, 0.05) is 30.1 Å². The number of imidazole rings is 1. The Morgan fingerprint density at radius 2 is 1.77 bits per heavy atom. The third-order valence-electron chi connectivity index (χ3n) is 5.79. The van der Waals surface area contributed by atoms with Crippen LogP contribution in [-0.2, 0) is 13.0 Å². The Morgan fingerprint density at radius 3 is 2.57 bits per heavy atom. The van der Waals surface area contributed by atoms with E-state index in [9.17, 15) is 4.79 Å². The number of aromatic nitrogens is 2. The van der Waals surface area contributed by atoms with Crippen molar-refractivity contribution in [2.75, 3.05) is 20.3 Å². The zero-order valence-electron chi connectivity index (χ0n) is 19.9. The number of ether oxygens (including phenoxy) is 2. The molecule has 0 aliphatic heterocycles. The third-order valence-corrected chi connectivity index (χ3v) is 6.02. The third kappa shape index (κ3) is 6.76. The van der Waals surface area contributed by atoms with Crippen LogP contribution in [0.15, 0.2) is 72.8 Å². The van der Waals surface area contributed by atoms with Crippen LogP contribution in [0, 0.1) is 0 Å². The highest BCUT2D eigenvalue weighted by Crippen LogP contribution is 2.19. The van der Waals surface area contributed by atoms with Gasteiger partial charge in [0.15, 0.2) is 0 Å². The van der Waals surface area contributed by atoms with Gasteiger partial charge in [0.2, 0.25) is 0 Å². The second-order valence-corrected chi connectivity index (χ2v) is 8.71. The molecule has 0 bridgehead atoms. The zero-order valence-corrected chi connectivity index (χ0v) is 20.6. The van der Waals surface area contributed by atoms with Gasteiger partial charge in [-0.1, -0.05) is 29.8 Å². The first-order valence-corrected chi connectivity index (χ1v) is 12.3. The fraction of sp³-hybridized carbons (Fsp3) is 0.286. The highest BCUT2D eigenvalue weighted by Gasteiger charge is 2.11. The summed E-state index contributed by atoms with van der Waals surface area (Å²) in [4.78, 5) is 17.2. The van der Waals surface area contributed by atoms with Gasteiger partial charge in [-0.05, 0) is 73.9 Å². The topological polar surface area (TPSA) is 65.4 Å². The number of methoxy groups -OCH3 is 1. The predicted molar refractivity (Wildman–Crippen MR) is 140 cm³/mol. The molecule has 1 heterocycles. The van der Waals surface area contributed by atoms with Crippen molar-refractivity contribution in [2.45, 2.75) is 32.2 Å². The van der Waals surface area contributed by atoms with Crippen LogP contribution in [0.2, 0.25) is 5.02 Å². The predicted octanol–water partition coefficient (Wildman–Crippen LogP) is 5.92. The van der Waals surface area contributed by atoms with Crippen LogP contribution in [0.5, 0.6) is 11.5 Å². The van der Waals surface area contributed by atoms with Crippen LogP contribution in [-0.4, -0.2) is 35.7 Å². The molecule has 0 radical (unpaired) electrons. The minimum absolute atomic E-state index is 0.113. The lowest BCUT2D eigenvalue weighted by Crippen LogP contribution is -2.25. The quantitative estimate of drug-likeness (QED) is 0.250. The molecule has 0 atom stereocenters. The number of benzene rings is 3. The number of para-hydroxylation sites is 2. The van der Waals surface area contributed by atoms with Crippen molar-refractivity contribution in [3.8, 4) is 11.5 Å². The number of fused-ring (bicyclic) bond motifs is 1. The number of carbonyl (C=O) groups is 1. The van der Waals surface area contributed by atoms with Crippen LogP contribution in [0.3, 0.4) is 0 Å². The van der Waals surface area contributed by atoms with E-state index in [-0.39, 0.29) is 5.91 Å². The van der Waals surface area contributed by atoms with Crippen molar-refractivity contribution < 1.29 is 14.3 Å². The first-order chi connectivity index (χ1) is 17.1. The van der Waals surface area contributed by atoms with Gasteiger partial charge in [0.05, 0.1) is 24.8 Å². The summed E-state index contributed by atoms with van der Waals surface area (Å²) in [6.07, 6.45) is 3.51. The van der Waals surface area contributed by atoms with E-state index in [1.54, 1.807) is 31.4 Å². The number of hydrogen-bond acceptors (Lipinski definition) is 4. The zero-order chi connectivity index (χ0) is 24.5. The molecule has 7 heteroatoms. The molecule has 0 aliphatic rings. The van der Waals surface area contributed by atoms with E-state index in [1.165, 1.54) is 0 Å². The van der Waals surface area contributed by atoms with Gasteiger partial charge in [-0.15, -0.1) is 0 Å². The average Bonchev–Trinajstić information content (AvgIpc) is 3.24. The number of rotatable bonds is 12. The Bertz CT molecular complexity index is 1250. The minimum atomic E-state index is -0.113. The number of aryl methyl sites for hydroxylation is 2. The lowest BCUT2D eigenvalue weighted by atomic mass is 10.2. The van der Waals surface area contributed by atoms with Crippen molar-refractivity contribution in [3.05, 3.63) is 89.2 Å². The Morgan fingerprint density at radius 1 is 0.971 bits per heavy atom. The van der Waals surface area contributed by atoms with Crippen molar-refractivity contribution in [1.29, 1.82) is 0 Å². The maximum absolute atomic E-state index is 12.3. The van der Waals surface area contributed by atoms with E-state index in [1.807, 2.05) is 42.5 Å². The maximum Gasteiger partial charge on any atom is 0.251 e. The Balaban J connectivity index is 1.28. The molecule has 4 rings (SSSR count). The van der Waals surface area contributed by atoms with Gasteiger partial charge in [-0.25, -0.2) is 4.98 Å². The summed E-state index contributed by atoms with van der Waals surface area (Å²) in [6, 6.07) is 22.8. The van der Waals surface area contributed by atoms with E-state index >= 15 is 0 Å². The van der Waals surface area contributed by atoms with Crippen LogP contribution >= 0.6 is 11.6 Å². The molecule has 182 valence electrons. The number of hydrogen-bond donors (Lipinski definition) is 1. The summed E-state index contributed by atoms with van der Waals surface area (Å²) in [7, 11) is 1.65. The molecule has 0 saturated carbocycles. The summed E-state index contributed by atoms with van der Waals surface area (Å²) in [5.74, 6) is 2.59. The molecule has 0 unspecified atom stereocenters. The molecule has 3 aromatic carbocycles. The number of halogens is 1. The summed E-state index contributed by atoms with van der Waals surface area (Å²) >= 11 is 5.99. The SMILES string of the molecule is COc1ccc(OCCCCn2c(CCCNC(=O)c3cccc(Cl)c3)nc3ccccc32)cc1. The molecule has 4 aromatic rings. The second-order valence-electron chi connectivity index (χ2n) is 8.27. The van der Waals surface area contributed by atoms with E-state index < -0.39 is 0 Å². The molecule has 1 N–H and O–H groups in total. The number of nitrogens with zero attached hydrogens (tertiary/aromatic N) is 2. The molecular formula is C28H30ClN3O3. The van der Waals surface area contributed by atoms with Gasteiger partial charge in [0.25, 0.3) is 5.91 Å². The maximum atomic E-state index is 12.3. The van der Waals surface area contributed by atoms with Crippen molar-refractivity contribution in [1.82, 2.24) is 14.9 Å². The molecule has 0 saturated heterocycles. The highest BCUT2D eigenvalue weighted by atomic mass is 35.5.